The van der Waals surface area contributed by atoms with Crippen molar-refractivity contribution in [2.24, 2.45) is 5.92 Å². The van der Waals surface area contributed by atoms with Crippen LogP contribution in [-0.2, 0) is 4.79 Å². The Bertz CT molecular complexity index is 678. The second kappa shape index (κ2) is 5.40. The fraction of sp³-hybridized carbons (Fsp3) is 0.125. The van der Waals surface area contributed by atoms with Gasteiger partial charge >= 0.3 is 0 Å². The molecule has 0 spiro atoms. The molecule has 2 aromatic rings. The zero-order chi connectivity index (χ0) is 13.9. The minimum atomic E-state index is -0.699. The molecule has 3 nitrogen and oxygen atoms in total. The number of nitrogens with one attached hydrogen (secondary N) is 1. The SMILES string of the molecule is N#C[C@H]1C(=O)Nc2ccccc2S[C@H]1c1ccccc1. The van der Waals surface area contributed by atoms with Gasteiger partial charge in [-0.15, -0.1) is 11.8 Å². The molecule has 1 N–H and O–H groups in total. The molecule has 20 heavy (non-hydrogen) atoms. The molecule has 1 aliphatic heterocycles. The predicted molar refractivity (Wildman–Crippen MR) is 79.2 cm³/mol. The number of hydrogen-bond acceptors (Lipinski definition) is 3. The third-order valence-electron chi connectivity index (χ3n) is 3.25. The maximum atomic E-state index is 12.2. The third kappa shape index (κ3) is 2.28. The van der Waals surface area contributed by atoms with E-state index in [0.29, 0.717) is 0 Å². The first-order chi connectivity index (χ1) is 9.79. The van der Waals surface area contributed by atoms with Crippen LogP contribution in [0.2, 0.25) is 0 Å². The van der Waals surface area contributed by atoms with Gasteiger partial charge in [0.05, 0.1) is 17.0 Å². The van der Waals surface area contributed by atoms with Crippen LogP contribution in [0.5, 0.6) is 0 Å². The van der Waals surface area contributed by atoms with E-state index in [1.54, 1.807) is 11.8 Å². The van der Waals surface area contributed by atoms with E-state index in [-0.39, 0.29) is 11.2 Å². The van der Waals surface area contributed by atoms with Crippen LogP contribution >= 0.6 is 11.8 Å². The molecule has 0 aliphatic carbocycles. The lowest BCUT2D eigenvalue weighted by atomic mass is 9.99. The van der Waals surface area contributed by atoms with Crippen LogP contribution < -0.4 is 5.32 Å². The van der Waals surface area contributed by atoms with Gasteiger partial charge in [-0.05, 0) is 17.7 Å². The molecule has 3 rings (SSSR count). The Kier molecular flexibility index (Phi) is 3.44. The summed E-state index contributed by atoms with van der Waals surface area (Å²) >= 11 is 1.56. The number of amides is 1. The predicted octanol–water partition coefficient (Wildman–Crippen LogP) is 3.61. The van der Waals surface area contributed by atoms with E-state index in [2.05, 4.69) is 11.4 Å². The number of carbonyl (C=O) groups excluding carboxylic acids is 1. The summed E-state index contributed by atoms with van der Waals surface area (Å²) in [5, 5.41) is 12.0. The van der Waals surface area contributed by atoms with E-state index in [4.69, 9.17) is 0 Å². The summed E-state index contributed by atoms with van der Waals surface area (Å²) in [7, 11) is 0. The number of fused-ring (bicyclic) bond motifs is 1. The fourth-order valence-corrected chi connectivity index (χ4v) is 3.55. The summed E-state index contributed by atoms with van der Waals surface area (Å²) < 4.78 is 0. The molecule has 2 aromatic carbocycles. The molecule has 0 unspecified atom stereocenters. The van der Waals surface area contributed by atoms with Gasteiger partial charge in [0.15, 0.2) is 0 Å². The second-order valence-corrected chi connectivity index (χ2v) is 5.72. The van der Waals surface area contributed by atoms with Crippen LogP contribution in [-0.4, -0.2) is 5.91 Å². The van der Waals surface area contributed by atoms with E-state index >= 15 is 0 Å². The van der Waals surface area contributed by atoms with Gasteiger partial charge in [-0.2, -0.15) is 5.26 Å². The van der Waals surface area contributed by atoms with Gasteiger partial charge in [0, 0.05) is 4.90 Å². The van der Waals surface area contributed by atoms with Crippen LogP contribution in [0.3, 0.4) is 0 Å². The molecule has 0 bridgehead atoms. The molecular formula is C16H12N2OS. The number of thioether (sulfide) groups is 1. The number of para-hydroxylation sites is 1. The Hall–Kier alpha value is -2.25. The topological polar surface area (TPSA) is 52.9 Å². The van der Waals surface area contributed by atoms with Crippen molar-refractivity contribution in [3.8, 4) is 6.07 Å². The molecule has 0 aromatic heterocycles. The van der Waals surface area contributed by atoms with Crippen molar-refractivity contribution in [1.29, 1.82) is 5.26 Å². The molecule has 0 radical (unpaired) electrons. The number of rotatable bonds is 1. The first-order valence-electron chi connectivity index (χ1n) is 6.30. The first-order valence-corrected chi connectivity index (χ1v) is 7.18. The van der Waals surface area contributed by atoms with Gasteiger partial charge in [-0.1, -0.05) is 42.5 Å². The van der Waals surface area contributed by atoms with Gasteiger partial charge in [-0.3, -0.25) is 4.79 Å². The molecule has 2 atom stereocenters. The summed E-state index contributed by atoms with van der Waals surface area (Å²) in [5.74, 6) is -0.936. The fourth-order valence-electron chi connectivity index (χ4n) is 2.26. The number of benzene rings is 2. The number of nitriles is 1. The largest absolute Gasteiger partial charge is 0.324 e. The molecule has 4 heteroatoms. The quantitative estimate of drug-likeness (QED) is 0.868. The monoisotopic (exact) mass is 280 g/mol. The van der Waals surface area contributed by atoms with Crippen molar-refractivity contribution in [2.75, 3.05) is 5.32 Å². The van der Waals surface area contributed by atoms with Gasteiger partial charge in [0.2, 0.25) is 5.91 Å². The maximum Gasteiger partial charge on any atom is 0.243 e. The average molecular weight is 280 g/mol. The number of hydrogen-bond donors (Lipinski definition) is 1. The lowest BCUT2D eigenvalue weighted by Crippen LogP contribution is -2.24. The highest BCUT2D eigenvalue weighted by atomic mass is 32.2. The normalized spacial score (nSPS) is 21.2. The van der Waals surface area contributed by atoms with Gasteiger partial charge in [-0.25, -0.2) is 0 Å². The van der Waals surface area contributed by atoms with Crippen LogP contribution in [0.15, 0.2) is 59.5 Å². The van der Waals surface area contributed by atoms with Crippen molar-refractivity contribution in [1.82, 2.24) is 0 Å². The molecule has 0 saturated carbocycles. The highest BCUT2D eigenvalue weighted by molar-refractivity contribution is 7.99. The van der Waals surface area contributed by atoms with Crippen molar-refractivity contribution >= 4 is 23.4 Å². The highest BCUT2D eigenvalue weighted by Crippen LogP contribution is 2.45. The Balaban J connectivity index is 2.08. The molecule has 1 heterocycles. The van der Waals surface area contributed by atoms with E-state index in [1.165, 1.54) is 0 Å². The van der Waals surface area contributed by atoms with Crippen LogP contribution in [0.4, 0.5) is 5.69 Å². The van der Waals surface area contributed by atoms with Crippen LogP contribution in [0, 0.1) is 17.2 Å². The Morgan fingerprint density at radius 1 is 1.05 bits per heavy atom. The van der Waals surface area contributed by atoms with E-state index in [9.17, 15) is 10.1 Å². The van der Waals surface area contributed by atoms with Gasteiger partial charge in [0.25, 0.3) is 0 Å². The molecule has 1 aliphatic rings. The second-order valence-electron chi connectivity index (χ2n) is 4.54. The lowest BCUT2D eigenvalue weighted by Gasteiger charge is -2.17. The zero-order valence-electron chi connectivity index (χ0n) is 10.6. The highest BCUT2D eigenvalue weighted by Gasteiger charge is 2.34. The summed E-state index contributed by atoms with van der Waals surface area (Å²) in [4.78, 5) is 13.2. The molecule has 1 amide bonds. The van der Waals surface area contributed by atoms with Gasteiger partial charge in [0.1, 0.15) is 5.92 Å². The van der Waals surface area contributed by atoms with Crippen molar-refractivity contribution in [2.45, 2.75) is 10.1 Å². The van der Waals surface area contributed by atoms with Crippen molar-refractivity contribution < 1.29 is 4.79 Å². The molecule has 0 fully saturated rings. The van der Waals surface area contributed by atoms with Crippen molar-refractivity contribution in [3.05, 3.63) is 60.2 Å². The van der Waals surface area contributed by atoms with Crippen LogP contribution in [0.1, 0.15) is 10.8 Å². The summed E-state index contributed by atoms with van der Waals surface area (Å²) in [6, 6.07) is 19.5. The Morgan fingerprint density at radius 3 is 2.50 bits per heavy atom. The summed E-state index contributed by atoms with van der Waals surface area (Å²) in [5.41, 5.74) is 1.78. The minimum Gasteiger partial charge on any atom is -0.324 e. The van der Waals surface area contributed by atoms with E-state index < -0.39 is 5.92 Å². The zero-order valence-corrected chi connectivity index (χ0v) is 11.4. The van der Waals surface area contributed by atoms with E-state index in [1.807, 2.05) is 54.6 Å². The van der Waals surface area contributed by atoms with Crippen molar-refractivity contribution in [3.63, 3.8) is 0 Å². The van der Waals surface area contributed by atoms with E-state index in [0.717, 1.165) is 16.1 Å². The third-order valence-corrected chi connectivity index (χ3v) is 4.66. The lowest BCUT2D eigenvalue weighted by molar-refractivity contribution is -0.118. The standard InChI is InChI=1S/C16H12N2OS/c17-10-12-15(11-6-2-1-3-7-11)20-14-9-5-4-8-13(14)18-16(12)19/h1-9,12,15H,(H,18,19)/t12-,15+/m1/s1. The number of anilines is 1. The molecule has 0 saturated heterocycles. The average Bonchev–Trinajstić information content (AvgIpc) is 2.63. The number of nitrogens with zero attached hydrogens (tertiary/aromatic N) is 1. The molecule has 98 valence electrons. The summed E-state index contributed by atoms with van der Waals surface area (Å²) in [6.07, 6.45) is 0. The van der Waals surface area contributed by atoms with Gasteiger partial charge < -0.3 is 5.32 Å². The minimum absolute atomic E-state index is 0.190. The smallest absolute Gasteiger partial charge is 0.243 e. The maximum absolute atomic E-state index is 12.2. The van der Waals surface area contributed by atoms with Crippen LogP contribution in [0.25, 0.3) is 0 Å². The Labute approximate surface area is 121 Å². The Morgan fingerprint density at radius 2 is 1.75 bits per heavy atom. The molecular weight excluding hydrogens is 268 g/mol. The number of carbonyl (C=O) groups is 1. The summed E-state index contributed by atoms with van der Waals surface area (Å²) in [6.45, 7) is 0. The first kappa shape index (κ1) is 12.8.